The third-order valence-electron chi connectivity index (χ3n) is 4.04. The van der Waals surface area contributed by atoms with E-state index in [0.29, 0.717) is 17.2 Å². The summed E-state index contributed by atoms with van der Waals surface area (Å²) in [5.74, 6) is 0.680. The topological polar surface area (TPSA) is 29.1 Å². The zero-order valence-corrected chi connectivity index (χ0v) is 13.8. The van der Waals surface area contributed by atoms with Gasteiger partial charge in [-0.05, 0) is 50.2 Å². The van der Waals surface area contributed by atoms with Crippen LogP contribution in [0.3, 0.4) is 0 Å². The van der Waals surface area contributed by atoms with Crippen LogP contribution in [-0.2, 0) is 4.79 Å². The van der Waals surface area contributed by atoms with E-state index in [1.807, 2.05) is 0 Å². The summed E-state index contributed by atoms with van der Waals surface area (Å²) in [6, 6.07) is 6.76. The lowest BCUT2D eigenvalue weighted by Crippen LogP contribution is -2.34. The van der Waals surface area contributed by atoms with Gasteiger partial charge in [0.1, 0.15) is 0 Å². The van der Waals surface area contributed by atoms with E-state index < -0.39 is 0 Å². The van der Waals surface area contributed by atoms with Gasteiger partial charge >= 0.3 is 0 Å². The van der Waals surface area contributed by atoms with E-state index in [9.17, 15) is 4.79 Å². The Hall–Kier alpha value is -0.960. The van der Waals surface area contributed by atoms with Crippen molar-refractivity contribution in [1.29, 1.82) is 0 Å². The van der Waals surface area contributed by atoms with Gasteiger partial charge in [0, 0.05) is 10.9 Å². The Morgan fingerprint density at radius 1 is 1.40 bits per heavy atom. The lowest BCUT2D eigenvalue weighted by Gasteiger charge is -2.17. The highest BCUT2D eigenvalue weighted by atomic mass is 32.2. The van der Waals surface area contributed by atoms with Crippen LogP contribution in [0, 0.1) is 19.3 Å². The van der Waals surface area contributed by atoms with E-state index in [2.05, 4.69) is 51.2 Å². The van der Waals surface area contributed by atoms with E-state index in [-0.39, 0.29) is 5.91 Å². The fraction of sp³-hybridized carbons (Fsp3) is 0.588. The minimum atomic E-state index is 0.165. The molecule has 0 radical (unpaired) electrons. The molecule has 0 heterocycles. The van der Waals surface area contributed by atoms with Crippen LogP contribution in [0.4, 0.5) is 0 Å². The molecule has 20 heavy (non-hydrogen) atoms. The van der Waals surface area contributed by atoms with Gasteiger partial charge in [-0.15, -0.1) is 11.8 Å². The van der Waals surface area contributed by atoms with Crippen molar-refractivity contribution in [1.82, 2.24) is 5.32 Å². The first kappa shape index (κ1) is 15.4. The van der Waals surface area contributed by atoms with Crippen LogP contribution in [0.5, 0.6) is 0 Å². The van der Waals surface area contributed by atoms with E-state index >= 15 is 0 Å². The Morgan fingerprint density at radius 2 is 2.15 bits per heavy atom. The maximum Gasteiger partial charge on any atom is 0.230 e. The van der Waals surface area contributed by atoms with Crippen LogP contribution in [0.15, 0.2) is 23.1 Å². The number of thioether (sulfide) groups is 1. The van der Waals surface area contributed by atoms with Crippen LogP contribution in [-0.4, -0.2) is 17.7 Å². The number of rotatable bonds is 4. The number of aryl methyl sites for hydroxylation is 2. The molecule has 1 atom stereocenters. The Balaban J connectivity index is 1.82. The van der Waals surface area contributed by atoms with E-state index in [1.165, 1.54) is 22.4 Å². The number of hydrogen-bond donors (Lipinski definition) is 1. The first-order valence-electron chi connectivity index (χ1n) is 7.35. The molecule has 0 saturated heterocycles. The van der Waals surface area contributed by atoms with Crippen molar-refractivity contribution in [3.8, 4) is 0 Å². The summed E-state index contributed by atoms with van der Waals surface area (Å²) in [6.07, 6.45) is 3.43. The summed E-state index contributed by atoms with van der Waals surface area (Å²) >= 11 is 1.64. The highest BCUT2D eigenvalue weighted by molar-refractivity contribution is 8.00. The zero-order valence-electron chi connectivity index (χ0n) is 13.0. The maximum atomic E-state index is 12.0. The van der Waals surface area contributed by atoms with Gasteiger partial charge in [0.05, 0.1) is 5.75 Å². The minimum absolute atomic E-state index is 0.165. The maximum absolute atomic E-state index is 12.0. The molecule has 1 fully saturated rings. The van der Waals surface area contributed by atoms with Gasteiger partial charge in [0.15, 0.2) is 0 Å². The molecule has 0 aromatic heterocycles. The molecule has 0 spiro atoms. The van der Waals surface area contributed by atoms with Gasteiger partial charge in [0.25, 0.3) is 0 Å². The smallest absolute Gasteiger partial charge is 0.230 e. The van der Waals surface area contributed by atoms with Gasteiger partial charge in [-0.25, -0.2) is 0 Å². The van der Waals surface area contributed by atoms with Crippen molar-refractivity contribution < 1.29 is 4.79 Å². The highest BCUT2D eigenvalue weighted by Crippen LogP contribution is 2.37. The van der Waals surface area contributed by atoms with Crippen LogP contribution in [0.2, 0.25) is 0 Å². The van der Waals surface area contributed by atoms with Crippen molar-refractivity contribution >= 4 is 17.7 Å². The van der Waals surface area contributed by atoms with Crippen LogP contribution < -0.4 is 5.32 Å². The van der Waals surface area contributed by atoms with Gasteiger partial charge < -0.3 is 5.32 Å². The standard InChI is InChI=1S/C17H25NOS/c1-12-5-6-13(2)15(9-12)20-11-16(19)18-14-7-8-17(3,4)10-14/h5-6,9,14H,7-8,10-11H2,1-4H3,(H,18,19). The van der Waals surface area contributed by atoms with Crippen molar-refractivity contribution in [3.63, 3.8) is 0 Å². The van der Waals surface area contributed by atoms with Gasteiger partial charge in [-0.3, -0.25) is 4.79 Å². The summed E-state index contributed by atoms with van der Waals surface area (Å²) in [7, 11) is 0. The molecule has 1 N–H and O–H groups in total. The fourth-order valence-electron chi connectivity index (χ4n) is 2.83. The molecule has 1 unspecified atom stereocenters. The Kier molecular flexibility index (Phi) is 4.79. The second kappa shape index (κ2) is 6.21. The van der Waals surface area contributed by atoms with Gasteiger partial charge in [0.2, 0.25) is 5.91 Å². The van der Waals surface area contributed by atoms with Gasteiger partial charge in [-0.1, -0.05) is 31.5 Å². The number of carbonyl (C=O) groups excluding carboxylic acids is 1. The highest BCUT2D eigenvalue weighted by Gasteiger charge is 2.31. The predicted octanol–water partition coefficient (Wildman–Crippen LogP) is 4.09. The summed E-state index contributed by atoms with van der Waals surface area (Å²) in [6.45, 7) is 8.75. The average molecular weight is 291 g/mol. The minimum Gasteiger partial charge on any atom is -0.353 e. The molecule has 110 valence electrons. The molecule has 1 aliphatic rings. The summed E-state index contributed by atoms with van der Waals surface area (Å²) in [4.78, 5) is 13.3. The molecule has 1 aliphatic carbocycles. The first-order valence-corrected chi connectivity index (χ1v) is 8.34. The predicted molar refractivity (Wildman–Crippen MR) is 86.2 cm³/mol. The largest absolute Gasteiger partial charge is 0.353 e. The average Bonchev–Trinajstić information content (AvgIpc) is 2.70. The third-order valence-corrected chi connectivity index (χ3v) is 5.19. The zero-order chi connectivity index (χ0) is 14.8. The molecule has 0 bridgehead atoms. The molecular weight excluding hydrogens is 266 g/mol. The van der Waals surface area contributed by atoms with E-state index in [0.717, 1.165) is 12.8 Å². The lowest BCUT2D eigenvalue weighted by molar-refractivity contribution is -0.119. The number of hydrogen-bond acceptors (Lipinski definition) is 2. The lowest BCUT2D eigenvalue weighted by atomic mass is 9.92. The monoisotopic (exact) mass is 291 g/mol. The Bertz CT molecular complexity index is 496. The van der Waals surface area contributed by atoms with Crippen molar-refractivity contribution in [3.05, 3.63) is 29.3 Å². The fourth-order valence-corrected chi connectivity index (χ4v) is 3.77. The molecule has 1 aromatic rings. The molecule has 1 amide bonds. The molecule has 1 saturated carbocycles. The van der Waals surface area contributed by atoms with Crippen molar-refractivity contribution in [2.24, 2.45) is 5.41 Å². The van der Waals surface area contributed by atoms with Crippen LogP contribution in [0.1, 0.15) is 44.2 Å². The van der Waals surface area contributed by atoms with Crippen LogP contribution in [0.25, 0.3) is 0 Å². The number of nitrogens with one attached hydrogen (secondary N) is 1. The van der Waals surface area contributed by atoms with E-state index in [4.69, 9.17) is 0 Å². The molecular formula is C17H25NOS. The molecule has 3 heteroatoms. The van der Waals surface area contributed by atoms with Crippen molar-refractivity contribution in [2.45, 2.75) is 57.9 Å². The SMILES string of the molecule is Cc1ccc(C)c(SCC(=O)NC2CCC(C)(C)C2)c1. The third kappa shape index (κ3) is 4.27. The second-order valence-corrected chi connectivity index (χ2v) is 7.75. The molecule has 2 nitrogen and oxygen atoms in total. The van der Waals surface area contributed by atoms with Crippen LogP contribution >= 0.6 is 11.8 Å². The summed E-state index contributed by atoms with van der Waals surface area (Å²) < 4.78 is 0. The number of amides is 1. The molecule has 2 rings (SSSR count). The Labute approximate surface area is 126 Å². The second-order valence-electron chi connectivity index (χ2n) is 6.73. The van der Waals surface area contributed by atoms with E-state index in [1.54, 1.807) is 11.8 Å². The normalized spacial score (nSPS) is 20.9. The summed E-state index contributed by atoms with van der Waals surface area (Å²) in [5.41, 5.74) is 2.88. The summed E-state index contributed by atoms with van der Waals surface area (Å²) in [5, 5.41) is 3.18. The quantitative estimate of drug-likeness (QED) is 0.847. The van der Waals surface area contributed by atoms with Gasteiger partial charge in [-0.2, -0.15) is 0 Å². The number of benzene rings is 1. The molecule has 0 aliphatic heterocycles. The molecule has 1 aromatic carbocycles. The van der Waals surface area contributed by atoms with Crippen molar-refractivity contribution in [2.75, 3.05) is 5.75 Å². The Morgan fingerprint density at radius 3 is 2.80 bits per heavy atom. The number of carbonyl (C=O) groups is 1. The first-order chi connectivity index (χ1) is 9.35.